The molecule has 1 amide bonds. The van der Waals surface area contributed by atoms with Gasteiger partial charge in [0.1, 0.15) is 17.3 Å². The molecule has 0 saturated heterocycles. The SMILES string of the molecule is COc1ccc(NC(=O)/C(C#N)=C/c2cnn(-c3ccccc3)n2)cc1OC. The Bertz CT molecular complexity index is 1050. The van der Waals surface area contributed by atoms with E-state index in [9.17, 15) is 10.1 Å². The first-order valence-electron chi connectivity index (χ1n) is 8.27. The van der Waals surface area contributed by atoms with Crippen LogP contribution in [0.5, 0.6) is 11.5 Å². The first-order chi connectivity index (χ1) is 13.6. The van der Waals surface area contributed by atoms with Crippen molar-refractivity contribution in [3.63, 3.8) is 0 Å². The van der Waals surface area contributed by atoms with E-state index in [0.29, 0.717) is 22.9 Å². The number of carbonyl (C=O) groups excluding carboxylic acids is 1. The van der Waals surface area contributed by atoms with E-state index in [1.165, 1.54) is 31.3 Å². The molecule has 0 fully saturated rings. The molecule has 0 bridgehead atoms. The van der Waals surface area contributed by atoms with Crippen LogP contribution in [0.4, 0.5) is 5.69 Å². The number of methoxy groups -OCH3 is 2. The van der Waals surface area contributed by atoms with Crippen molar-refractivity contribution in [3.8, 4) is 23.3 Å². The molecule has 0 aliphatic rings. The van der Waals surface area contributed by atoms with Crippen LogP contribution in [0.15, 0.2) is 60.3 Å². The quantitative estimate of drug-likeness (QED) is 0.525. The van der Waals surface area contributed by atoms with E-state index in [1.54, 1.807) is 18.2 Å². The van der Waals surface area contributed by atoms with Gasteiger partial charge in [-0.1, -0.05) is 18.2 Å². The van der Waals surface area contributed by atoms with Gasteiger partial charge in [0.05, 0.1) is 26.1 Å². The lowest BCUT2D eigenvalue weighted by atomic mass is 10.2. The second-order valence-corrected chi connectivity index (χ2v) is 5.59. The van der Waals surface area contributed by atoms with Crippen LogP contribution < -0.4 is 14.8 Å². The Morgan fingerprint density at radius 2 is 1.89 bits per heavy atom. The lowest BCUT2D eigenvalue weighted by Crippen LogP contribution is -2.13. The molecule has 3 aromatic rings. The largest absolute Gasteiger partial charge is 0.493 e. The number of carbonyl (C=O) groups is 1. The fourth-order valence-corrected chi connectivity index (χ4v) is 2.44. The number of aromatic nitrogens is 3. The molecule has 1 heterocycles. The highest BCUT2D eigenvalue weighted by molar-refractivity contribution is 6.09. The predicted molar refractivity (Wildman–Crippen MR) is 103 cm³/mol. The van der Waals surface area contributed by atoms with Gasteiger partial charge in [-0.2, -0.15) is 15.2 Å². The van der Waals surface area contributed by atoms with Gasteiger partial charge in [-0.3, -0.25) is 4.79 Å². The van der Waals surface area contributed by atoms with Crippen LogP contribution in [-0.4, -0.2) is 35.1 Å². The molecule has 0 aliphatic carbocycles. The number of nitrogens with one attached hydrogen (secondary N) is 1. The third-order valence-corrected chi connectivity index (χ3v) is 3.80. The van der Waals surface area contributed by atoms with Crippen LogP contribution in [0.25, 0.3) is 11.8 Å². The molecule has 0 spiro atoms. The van der Waals surface area contributed by atoms with E-state index in [2.05, 4.69) is 15.5 Å². The minimum atomic E-state index is -0.566. The molecule has 8 nitrogen and oxygen atoms in total. The standard InChI is InChI=1S/C20H17N5O3/c1-27-18-9-8-15(11-19(18)28-2)23-20(26)14(12-21)10-16-13-22-25(24-16)17-6-4-3-5-7-17/h3-11,13H,1-2H3,(H,23,26)/b14-10+. The van der Waals surface area contributed by atoms with Gasteiger partial charge in [-0.25, -0.2) is 0 Å². The normalized spacial score (nSPS) is 10.8. The van der Waals surface area contributed by atoms with Gasteiger partial charge >= 0.3 is 0 Å². The Balaban J connectivity index is 1.79. The second-order valence-electron chi connectivity index (χ2n) is 5.59. The number of ether oxygens (including phenoxy) is 2. The molecular weight excluding hydrogens is 358 g/mol. The molecule has 8 heteroatoms. The third-order valence-electron chi connectivity index (χ3n) is 3.80. The summed E-state index contributed by atoms with van der Waals surface area (Å²) >= 11 is 0. The van der Waals surface area contributed by atoms with E-state index in [1.807, 2.05) is 36.4 Å². The highest BCUT2D eigenvalue weighted by Gasteiger charge is 2.13. The summed E-state index contributed by atoms with van der Waals surface area (Å²) in [6, 6.07) is 16.1. The van der Waals surface area contributed by atoms with Crippen molar-refractivity contribution in [2.24, 2.45) is 0 Å². The molecule has 1 aromatic heterocycles. The Labute approximate surface area is 161 Å². The lowest BCUT2D eigenvalue weighted by Gasteiger charge is -2.10. The first-order valence-corrected chi connectivity index (χ1v) is 8.27. The second kappa shape index (κ2) is 8.51. The van der Waals surface area contributed by atoms with E-state index in [-0.39, 0.29) is 5.57 Å². The van der Waals surface area contributed by atoms with Gasteiger partial charge in [0.15, 0.2) is 11.5 Å². The Hall–Kier alpha value is -4.12. The fraction of sp³-hybridized carbons (Fsp3) is 0.100. The summed E-state index contributed by atoms with van der Waals surface area (Å²) < 4.78 is 10.4. The molecule has 28 heavy (non-hydrogen) atoms. The summed E-state index contributed by atoms with van der Waals surface area (Å²) in [6.07, 6.45) is 2.86. The smallest absolute Gasteiger partial charge is 0.266 e. The molecule has 140 valence electrons. The van der Waals surface area contributed by atoms with E-state index in [0.717, 1.165) is 5.69 Å². The number of anilines is 1. The van der Waals surface area contributed by atoms with Crippen LogP contribution in [0.3, 0.4) is 0 Å². The van der Waals surface area contributed by atoms with Crippen LogP contribution >= 0.6 is 0 Å². The van der Waals surface area contributed by atoms with Crippen molar-refractivity contribution in [2.45, 2.75) is 0 Å². The minimum absolute atomic E-state index is 0.102. The zero-order chi connectivity index (χ0) is 19.9. The minimum Gasteiger partial charge on any atom is -0.493 e. The summed E-state index contributed by atoms with van der Waals surface area (Å²) in [7, 11) is 3.02. The number of hydrogen-bond acceptors (Lipinski definition) is 6. The molecule has 0 atom stereocenters. The van der Waals surface area contributed by atoms with Crippen molar-refractivity contribution < 1.29 is 14.3 Å². The highest BCUT2D eigenvalue weighted by Crippen LogP contribution is 2.29. The van der Waals surface area contributed by atoms with Gasteiger partial charge in [0.2, 0.25) is 0 Å². The molecule has 0 saturated carbocycles. The van der Waals surface area contributed by atoms with E-state index in [4.69, 9.17) is 9.47 Å². The van der Waals surface area contributed by atoms with Crippen molar-refractivity contribution in [1.82, 2.24) is 15.0 Å². The molecular formula is C20H17N5O3. The Morgan fingerprint density at radius 1 is 1.14 bits per heavy atom. The summed E-state index contributed by atoms with van der Waals surface area (Å²) in [6.45, 7) is 0. The van der Waals surface area contributed by atoms with Gasteiger partial charge in [0.25, 0.3) is 5.91 Å². The predicted octanol–water partition coefficient (Wildman–Crippen LogP) is 2.83. The van der Waals surface area contributed by atoms with Gasteiger partial charge in [0, 0.05) is 11.8 Å². The van der Waals surface area contributed by atoms with Crippen molar-refractivity contribution in [3.05, 3.63) is 66.0 Å². The van der Waals surface area contributed by atoms with Gasteiger partial charge in [-0.15, -0.1) is 5.10 Å². The van der Waals surface area contributed by atoms with Crippen LogP contribution in [0.1, 0.15) is 5.69 Å². The molecule has 0 radical (unpaired) electrons. The lowest BCUT2D eigenvalue weighted by molar-refractivity contribution is -0.112. The summed E-state index contributed by atoms with van der Waals surface area (Å²) in [5.74, 6) is 0.437. The average Bonchev–Trinajstić information content (AvgIpc) is 3.21. The molecule has 0 unspecified atom stereocenters. The summed E-state index contributed by atoms with van der Waals surface area (Å²) in [4.78, 5) is 13.9. The van der Waals surface area contributed by atoms with Crippen LogP contribution in [0, 0.1) is 11.3 Å². The Kier molecular flexibility index (Phi) is 5.67. The number of benzene rings is 2. The molecule has 1 N–H and O–H groups in total. The maximum absolute atomic E-state index is 12.4. The maximum Gasteiger partial charge on any atom is 0.266 e. The van der Waals surface area contributed by atoms with Crippen molar-refractivity contribution >= 4 is 17.7 Å². The number of hydrogen-bond donors (Lipinski definition) is 1. The monoisotopic (exact) mass is 375 g/mol. The number of nitrogens with zero attached hydrogens (tertiary/aromatic N) is 4. The van der Waals surface area contributed by atoms with Crippen LogP contribution in [-0.2, 0) is 4.79 Å². The highest BCUT2D eigenvalue weighted by atomic mass is 16.5. The molecule has 3 rings (SSSR count). The fourth-order valence-electron chi connectivity index (χ4n) is 2.44. The van der Waals surface area contributed by atoms with Gasteiger partial charge < -0.3 is 14.8 Å². The molecule has 2 aromatic carbocycles. The van der Waals surface area contributed by atoms with Crippen molar-refractivity contribution in [1.29, 1.82) is 5.26 Å². The number of para-hydroxylation sites is 1. The van der Waals surface area contributed by atoms with Gasteiger partial charge in [-0.05, 0) is 30.3 Å². The number of amides is 1. The number of rotatable bonds is 6. The zero-order valence-corrected chi connectivity index (χ0v) is 15.3. The average molecular weight is 375 g/mol. The zero-order valence-electron chi connectivity index (χ0n) is 15.3. The Morgan fingerprint density at radius 3 is 2.57 bits per heavy atom. The molecule has 0 aliphatic heterocycles. The third kappa shape index (κ3) is 4.16. The first kappa shape index (κ1) is 18.7. The maximum atomic E-state index is 12.4. The van der Waals surface area contributed by atoms with Crippen molar-refractivity contribution in [2.75, 3.05) is 19.5 Å². The summed E-state index contributed by atoms with van der Waals surface area (Å²) in [5.41, 5.74) is 1.53. The summed E-state index contributed by atoms with van der Waals surface area (Å²) in [5, 5.41) is 20.4. The van der Waals surface area contributed by atoms with Crippen LogP contribution in [0.2, 0.25) is 0 Å². The topological polar surface area (TPSA) is 102 Å². The van der Waals surface area contributed by atoms with E-state index >= 15 is 0 Å². The number of nitriles is 1. The van der Waals surface area contributed by atoms with E-state index < -0.39 is 5.91 Å².